The molecule has 0 saturated heterocycles. The Labute approximate surface area is 106 Å². The fraction of sp³-hybridized carbons (Fsp3) is 0.222. The first-order chi connectivity index (χ1) is 3.93. The summed E-state index contributed by atoms with van der Waals surface area (Å²) >= 11 is 0. The molecule has 0 unspecified atom stereocenters. The third-order valence-electron chi connectivity index (χ3n) is 1.20. The van der Waals surface area contributed by atoms with Crippen LogP contribution in [0.5, 0.6) is 0 Å². The first kappa shape index (κ1) is 13.4. The van der Waals surface area contributed by atoms with Gasteiger partial charge in [-0.2, -0.15) is 35.9 Å². The van der Waals surface area contributed by atoms with Gasteiger partial charge in [0, 0.05) is 0 Å². The van der Waals surface area contributed by atoms with Crippen LogP contribution >= 0.6 is 0 Å². The first-order valence-corrected chi connectivity index (χ1v) is 2.88. The Morgan fingerprint density at radius 2 is 1.80 bits per heavy atom. The summed E-state index contributed by atoms with van der Waals surface area (Å²) < 4.78 is 0. The van der Waals surface area contributed by atoms with Crippen molar-refractivity contribution < 1.29 is 51.4 Å². The summed E-state index contributed by atoms with van der Waals surface area (Å²) in [6, 6.07) is 11.0. The first-order valence-electron chi connectivity index (χ1n) is 2.88. The van der Waals surface area contributed by atoms with Gasteiger partial charge < -0.3 is 7.43 Å². The van der Waals surface area contributed by atoms with Crippen molar-refractivity contribution in [1.82, 2.24) is 0 Å². The van der Waals surface area contributed by atoms with Gasteiger partial charge in [0.05, 0.1) is 0 Å². The van der Waals surface area contributed by atoms with Crippen molar-refractivity contribution >= 4 is 0 Å². The molecule has 10 heavy (non-hydrogen) atoms. The predicted octanol–water partition coefficient (Wildman–Crippen LogP) is -0.497. The maximum atomic E-state index is 2.97. The molecule has 0 heterocycles. The number of rotatable bonds is 1. The molecule has 1 heteroatoms. The van der Waals surface area contributed by atoms with E-state index in [1.54, 1.807) is 0 Å². The van der Waals surface area contributed by atoms with Crippen molar-refractivity contribution in [3.8, 4) is 0 Å². The third kappa shape index (κ3) is 4.64. The fourth-order valence-corrected chi connectivity index (χ4v) is 0.657. The van der Waals surface area contributed by atoms with Gasteiger partial charge in [0.15, 0.2) is 0 Å². The van der Waals surface area contributed by atoms with E-state index >= 15 is 0 Å². The standard InChI is InChI=1S/C8H9.CH3.K/c1-2-8-6-4-3-5-7-8;;/h4-7H,2H2,1H3;1H3;/q2*-1;+1. The molecule has 0 aliphatic carbocycles. The summed E-state index contributed by atoms with van der Waals surface area (Å²) in [6.45, 7) is 2.15. The summed E-state index contributed by atoms with van der Waals surface area (Å²) in [5.74, 6) is 0. The Kier molecular flexibility index (Phi) is 10.7. The van der Waals surface area contributed by atoms with Crippen LogP contribution in [-0.4, -0.2) is 0 Å². The third-order valence-corrected chi connectivity index (χ3v) is 1.20. The Balaban J connectivity index is 0. The van der Waals surface area contributed by atoms with Gasteiger partial charge in [-0.3, -0.25) is 0 Å². The van der Waals surface area contributed by atoms with Crippen molar-refractivity contribution in [2.75, 3.05) is 0 Å². The zero-order valence-corrected chi connectivity index (χ0v) is 10.1. The van der Waals surface area contributed by atoms with Gasteiger partial charge in [-0.05, 0) is 0 Å². The molecule has 0 nitrogen and oxygen atoms in total. The zero-order chi connectivity index (χ0) is 5.82. The van der Waals surface area contributed by atoms with Crippen LogP contribution in [-0.2, 0) is 6.42 Å². The zero-order valence-electron chi connectivity index (χ0n) is 7.02. The van der Waals surface area contributed by atoms with E-state index in [2.05, 4.69) is 25.1 Å². The molecular weight excluding hydrogens is 147 g/mol. The SMILES string of the molecule is CCc1cc[c-]cc1.[CH3-].[K+]. The second kappa shape index (κ2) is 7.96. The summed E-state index contributed by atoms with van der Waals surface area (Å²) in [4.78, 5) is 0. The Bertz CT molecular complexity index is 146. The minimum absolute atomic E-state index is 0. The molecule has 0 fully saturated rings. The molecule has 0 N–H and O–H groups in total. The van der Waals surface area contributed by atoms with Crippen molar-refractivity contribution in [2.24, 2.45) is 0 Å². The van der Waals surface area contributed by atoms with Crippen LogP contribution < -0.4 is 51.4 Å². The Morgan fingerprint density at radius 1 is 1.30 bits per heavy atom. The van der Waals surface area contributed by atoms with Gasteiger partial charge in [-0.15, -0.1) is 0 Å². The maximum Gasteiger partial charge on any atom is 1.00 e. The van der Waals surface area contributed by atoms with E-state index in [0.717, 1.165) is 6.42 Å². The number of hydrogen-bond acceptors (Lipinski definition) is 0. The molecule has 0 aromatic heterocycles. The molecule has 0 atom stereocenters. The average Bonchev–Trinajstić information content (AvgIpc) is 1.90. The topological polar surface area (TPSA) is 0 Å². The van der Waals surface area contributed by atoms with Gasteiger partial charge in [0.25, 0.3) is 0 Å². The number of benzene rings is 1. The van der Waals surface area contributed by atoms with E-state index in [4.69, 9.17) is 0 Å². The van der Waals surface area contributed by atoms with Crippen LogP contribution in [0.1, 0.15) is 12.5 Å². The van der Waals surface area contributed by atoms with Crippen LogP contribution in [0.25, 0.3) is 0 Å². The molecule has 50 valence electrons. The summed E-state index contributed by atoms with van der Waals surface area (Å²) in [5, 5.41) is 0. The normalized spacial score (nSPS) is 7.30. The molecule has 1 aromatic rings. The Morgan fingerprint density at radius 3 is 2.10 bits per heavy atom. The van der Waals surface area contributed by atoms with Crippen LogP contribution in [0.15, 0.2) is 24.3 Å². The molecule has 1 rings (SSSR count). The molecule has 0 aliphatic heterocycles. The van der Waals surface area contributed by atoms with E-state index in [1.807, 2.05) is 12.1 Å². The Hall–Kier alpha value is 0.856. The number of hydrogen-bond donors (Lipinski definition) is 0. The smallest absolute Gasteiger partial charge is 0.358 e. The van der Waals surface area contributed by atoms with Gasteiger partial charge in [-0.1, -0.05) is 13.3 Å². The minimum atomic E-state index is 0. The maximum absolute atomic E-state index is 2.97. The number of aryl methyl sites for hydroxylation is 1. The monoisotopic (exact) mass is 159 g/mol. The largest absolute Gasteiger partial charge is 1.00 e. The van der Waals surface area contributed by atoms with E-state index < -0.39 is 0 Å². The van der Waals surface area contributed by atoms with E-state index in [9.17, 15) is 0 Å². The van der Waals surface area contributed by atoms with Crippen molar-refractivity contribution in [3.05, 3.63) is 43.3 Å². The fourth-order valence-electron chi connectivity index (χ4n) is 0.657. The van der Waals surface area contributed by atoms with Gasteiger partial charge in [0.2, 0.25) is 0 Å². The van der Waals surface area contributed by atoms with E-state index in [0.29, 0.717) is 0 Å². The summed E-state index contributed by atoms with van der Waals surface area (Å²) in [7, 11) is 0. The quantitative estimate of drug-likeness (QED) is 0.383. The molecule has 0 spiro atoms. The molecular formula is C9H12K-. The second-order valence-corrected chi connectivity index (χ2v) is 1.76. The van der Waals surface area contributed by atoms with Crippen LogP contribution in [0, 0.1) is 13.5 Å². The summed E-state index contributed by atoms with van der Waals surface area (Å²) in [6.07, 6.45) is 1.12. The molecule has 0 bridgehead atoms. The van der Waals surface area contributed by atoms with E-state index in [1.165, 1.54) is 5.56 Å². The van der Waals surface area contributed by atoms with Crippen LogP contribution in [0.2, 0.25) is 0 Å². The average molecular weight is 159 g/mol. The minimum Gasteiger partial charge on any atom is -0.358 e. The molecule has 0 radical (unpaired) electrons. The van der Waals surface area contributed by atoms with Crippen LogP contribution in [0.4, 0.5) is 0 Å². The molecule has 0 amide bonds. The van der Waals surface area contributed by atoms with Crippen LogP contribution in [0.3, 0.4) is 0 Å². The van der Waals surface area contributed by atoms with E-state index in [-0.39, 0.29) is 58.8 Å². The molecule has 1 aromatic carbocycles. The predicted molar refractivity (Wildman–Crippen MR) is 41.1 cm³/mol. The molecule has 0 aliphatic rings. The molecule has 0 saturated carbocycles. The van der Waals surface area contributed by atoms with Crippen molar-refractivity contribution in [2.45, 2.75) is 13.3 Å². The summed E-state index contributed by atoms with van der Waals surface area (Å²) in [5.41, 5.74) is 1.38. The van der Waals surface area contributed by atoms with Gasteiger partial charge in [0.1, 0.15) is 0 Å². The van der Waals surface area contributed by atoms with Gasteiger partial charge >= 0.3 is 51.4 Å². The second-order valence-electron chi connectivity index (χ2n) is 1.76. The van der Waals surface area contributed by atoms with Gasteiger partial charge in [-0.25, -0.2) is 0 Å². The van der Waals surface area contributed by atoms with Crippen molar-refractivity contribution in [1.29, 1.82) is 0 Å². The van der Waals surface area contributed by atoms with Crippen molar-refractivity contribution in [3.63, 3.8) is 0 Å².